The zero-order valence-corrected chi connectivity index (χ0v) is 10.3. The van der Waals surface area contributed by atoms with Gasteiger partial charge in [0.15, 0.2) is 11.5 Å². The summed E-state index contributed by atoms with van der Waals surface area (Å²) in [6.07, 6.45) is 1.29. The van der Waals surface area contributed by atoms with Gasteiger partial charge in [0.05, 0.1) is 23.3 Å². The van der Waals surface area contributed by atoms with Crippen molar-refractivity contribution < 1.29 is 18.8 Å². The molecule has 90 valence electrons. The Labute approximate surface area is 104 Å². The van der Waals surface area contributed by atoms with E-state index in [0.29, 0.717) is 10.0 Å². The van der Waals surface area contributed by atoms with Crippen LogP contribution in [0.5, 0.6) is 11.5 Å². The van der Waals surface area contributed by atoms with Crippen molar-refractivity contribution in [1.29, 1.82) is 0 Å². The van der Waals surface area contributed by atoms with Gasteiger partial charge in [-0.15, -0.1) is 0 Å². The van der Waals surface area contributed by atoms with Crippen LogP contribution in [-0.4, -0.2) is 17.4 Å². The van der Waals surface area contributed by atoms with Crippen molar-refractivity contribution in [2.45, 2.75) is 0 Å². The predicted octanol–water partition coefficient (Wildman–Crippen LogP) is 2.54. The summed E-state index contributed by atoms with van der Waals surface area (Å²) in [4.78, 5) is 0. The lowest BCUT2D eigenvalue weighted by atomic mass is 10.1. The average Bonchev–Trinajstić information content (AvgIpc) is 2.71. The molecule has 0 bridgehead atoms. The summed E-state index contributed by atoms with van der Waals surface area (Å²) in [5.74, 6) is -1.53. The summed E-state index contributed by atoms with van der Waals surface area (Å²) in [6, 6.07) is 1.47. The van der Waals surface area contributed by atoms with Crippen LogP contribution in [0.4, 0.5) is 10.3 Å². The molecule has 1 aromatic carbocycles. The van der Waals surface area contributed by atoms with Crippen LogP contribution in [0.1, 0.15) is 0 Å². The van der Waals surface area contributed by atoms with Crippen LogP contribution >= 0.6 is 15.9 Å². The van der Waals surface area contributed by atoms with Crippen LogP contribution in [0.25, 0.3) is 11.1 Å². The summed E-state index contributed by atoms with van der Waals surface area (Å²) in [5, 5.41) is 13.2. The minimum absolute atomic E-state index is 0.00299. The van der Waals surface area contributed by atoms with Gasteiger partial charge < -0.3 is 20.1 Å². The van der Waals surface area contributed by atoms with Gasteiger partial charge in [-0.3, -0.25) is 0 Å². The lowest BCUT2D eigenvalue weighted by Gasteiger charge is -2.09. The number of nitrogen functional groups attached to an aromatic ring is 1. The van der Waals surface area contributed by atoms with Gasteiger partial charge in [-0.2, -0.15) is 4.39 Å². The van der Waals surface area contributed by atoms with Crippen LogP contribution < -0.4 is 10.5 Å². The molecule has 17 heavy (non-hydrogen) atoms. The van der Waals surface area contributed by atoms with Gasteiger partial charge in [-0.05, 0) is 22.0 Å². The molecule has 0 saturated carbocycles. The molecule has 0 amide bonds. The Morgan fingerprint density at radius 3 is 2.76 bits per heavy atom. The molecule has 0 spiro atoms. The Morgan fingerprint density at radius 2 is 2.24 bits per heavy atom. The normalized spacial score (nSPS) is 10.5. The van der Waals surface area contributed by atoms with Crippen molar-refractivity contribution >= 4 is 21.8 Å². The van der Waals surface area contributed by atoms with Crippen LogP contribution in [-0.2, 0) is 0 Å². The molecule has 3 N–H and O–H groups in total. The number of ether oxygens (including phenoxy) is 1. The molecule has 5 nitrogen and oxygen atoms in total. The van der Waals surface area contributed by atoms with E-state index in [-0.39, 0.29) is 17.2 Å². The monoisotopic (exact) mass is 302 g/mol. The number of aromatic hydroxyl groups is 1. The summed E-state index contributed by atoms with van der Waals surface area (Å²) in [6.45, 7) is 0. The number of rotatable bonds is 2. The number of aromatic nitrogens is 1. The fourth-order valence-corrected chi connectivity index (χ4v) is 2.00. The molecule has 0 unspecified atom stereocenters. The Hall–Kier alpha value is -1.76. The molecule has 0 fully saturated rings. The van der Waals surface area contributed by atoms with Crippen LogP contribution in [0, 0.1) is 5.82 Å². The lowest BCUT2D eigenvalue weighted by Crippen LogP contribution is -1.93. The zero-order valence-electron chi connectivity index (χ0n) is 8.70. The number of methoxy groups -OCH3 is 1. The Balaban J connectivity index is 2.69. The minimum Gasteiger partial charge on any atom is -0.504 e. The largest absolute Gasteiger partial charge is 0.504 e. The maximum absolute atomic E-state index is 13.8. The highest BCUT2D eigenvalue weighted by molar-refractivity contribution is 9.10. The summed E-state index contributed by atoms with van der Waals surface area (Å²) >= 11 is 3.13. The van der Waals surface area contributed by atoms with Crippen molar-refractivity contribution in [2.24, 2.45) is 0 Å². The highest BCUT2D eigenvalue weighted by Crippen LogP contribution is 2.42. The molecule has 7 heteroatoms. The number of phenols is 1. The molecule has 2 aromatic rings. The van der Waals surface area contributed by atoms with E-state index < -0.39 is 11.6 Å². The van der Waals surface area contributed by atoms with E-state index in [1.807, 2.05) is 0 Å². The second-order valence-electron chi connectivity index (χ2n) is 3.21. The lowest BCUT2D eigenvalue weighted by molar-refractivity contribution is 0.363. The van der Waals surface area contributed by atoms with Gasteiger partial charge in [-0.25, -0.2) is 0 Å². The average molecular weight is 303 g/mol. The van der Waals surface area contributed by atoms with E-state index >= 15 is 0 Å². The van der Waals surface area contributed by atoms with E-state index in [1.165, 1.54) is 19.4 Å². The summed E-state index contributed by atoms with van der Waals surface area (Å²) < 4.78 is 23.6. The molecule has 1 heterocycles. The topological polar surface area (TPSA) is 81.5 Å². The number of halogens is 2. The van der Waals surface area contributed by atoms with Crippen molar-refractivity contribution in [3.63, 3.8) is 0 Å². The molecule has 0 aliphatic rings. The van der Waals surface area contributed by atoms with E-state index in [0.717, 1.165) is 0 Å². The smallest absolute Gasteiger partial charge is 0.230 e. The van der Waals surface area contributed by atoms with Gasteiger partial charge in [0, 0.05) is 5.56 Å². The molecule has 0 atom stereocenters. The first-order valence-corrected chi connectivity index (χ1v) is 5.31. The third-order valence-electron chi connectivity index (χ3n) is 2.24. The first-order valence-electron chi connectivity index (χ1n) is 4.51. The first-order chi connectivity index (χ1) is 8.06. The minimum atomic E-state index is -0.877. The van der Waals surface area contributed by atoms with E-state index in [9.17, 15) is 9.50 Å². The molecule has 0 radical (unpaired) electrons. The van der Waals surface area contributed by atoms with Crippen molar-refractivity contribution in [3.05, 3.63) is 22.6 Å². The predicted molar refractivity (Wildman–Crippen MR) is 62.2 cm³/mol. The molecule has 0 saturated heterocycles. The molecule has 1 aromatic heterocycles. The number of nitrogens with two attached hydrogens (primary N) is 1. The van der Waals surface area contributed by atoms with Gasteiger partial charge in [-0.1, -0.05) is 5.16 Å². The standard InChI is InChI=1S/C10H8BrFN2O3/c1-16-9-6(11)2-4(8(15)7(9)12)5-3-14-17-10(5)13/h2-3,15H,13H2,1H3. The Bertz CT molecular complexity index is 571. The zero-order chi connectivity index (χ0) is 12.6. The molecule has 2 rings (SSSR count). The molecular weight excluding hydrogens is 295 g/mol. The van der Waals surface area contributed by atoms with Crippen LogP contribution in [0.15, 0.2) is 21.3 Å². The number of hydrogen-bond acceptors (Lipinski definition) is 5. The fourth-order valence-electron chi connectivity index (χ4n) is 1.43. The Kier molecular flexibility index (Phi) is 2.93. The first kappa shape index (κ1) is 11.7. The number of anilines is 1. The third kappa shape index (κ3) is 1.82. The fraction of sp³-hybridized carbons (Fsp3) is 0.100. The van der Waals surface area contributed by atoms with E-state index in [2.05, 4.69) is 25.6 Å². The highest BCUT2D eigenvalue weighted by Gasteiger charge is 2.21. The third-order valence-corrected chi connectivity index (χ3v) is 2.83. The maximum atomic E-state index is 13.8. The van der Waals surface area contributed by atoms with Gasteiger partial charge in [0.25, 0.3) is 0 Å². The maximum Gasteiger partial charge on any atom is 0.230 e. The molecule has 0 aliphatic heterocycles. The Morgan fingerprint density at radius 1 is 1.53 bits per heavy atom. The van der Waals surface area contributed by atoms with Crippen LogP contribution in [0.3, 0.4) is 0 Å². The number of nitrogens with zero attached hydrogens (tertiary/aromatic N) is 1. The van der Waals surface area contributed by atoms with Crippen LogP contribution in [0.2, 0.25) is 0 Å². The SMILES string of the molecule is COc1c(Br)cc(-c2cnoc2N)c(O)c1F. The van der Waals surface area contributed by atoms with Gasteiger partial charge >= 0.3 is 0 Å². The quantitative estimate of drug-likeness (QED) is 0.891. The van der Waals surface area contributed by atoms with Gasteiger partial charge in [0.2, 0.25) is 11.7 Å². The summed E-state index contributed by atoms with van der Waals surface area (Å²) in [7, 11) is 1.30. The van der Waals surface area contributed by atoms with Gasteiger partial charge in [0.1, 0.15) is 0 Å². The van der Waals surface area contributed by atoms with Crippen molar-refractivity contribution in [1.82, 2.24) is 5.16 Å². The molecule has 0 aliphatic carbocycles. The summed E-state index contributed by atoms with van der Waals surface area (Å²) in [5.41, 5.74) is 5.99. The van der Waals surface area contributed by atoms with E-state index in [4.69, 9.17) is 10.5 Å². The number of benzene rings is 1. The van der Waals surface area contributed by atoms with E-state index in [1.54, 1.807) is 0 Å². The number of phenolic OH excluding ortho intramolecular Hbond substituents is 1. The highest BCUT2D eigenvalue weighted by atomic mass is 79.9. The van der Waals surface area contributed by atoms with Crippen molar-refractivity contribution in [3.8, 4) is 22.6 Å². The second kappa shape index (κ2) is 4.25. The molecular formula is C10H8BrFN2O3. The van der Waals surface area contributed by atoms with Crippen molar-refractivity contribution in [2.75, 3.05) is 12.8 Å². The number of hydrogen-bond donors (Lipinski definition) is 2. The second-order valence-corrected chi connectivity index (χ2v) is 4.06.